The number of unbranched alkanes of at least 4 members (excludes halogenated alkanes) is 1. The maximum atomic E-state index is 6.27. The molecular weight excluding hydrogens is 210 g/mol. The normalized spacial score (nSPS) is 10.9. The first kappa shape index (κ1) is 12.5. The highest BCUT2D eigenvalue weighted by Crippen LogP contribution is 2.23. The molecule has 0 aromatic carbocycles. The van der Waals surface area contributed by atoms with Crippen LogP contribution in [0, 0.1) is 0 Å². The van der Waals surface area contributed by atoms with Crippen molar-refractivity contribution >= 4 is 11.6 Å². The van der Waals surface area contributed by atoms with Crippen LogP contribution in [-0.2, 0) is 19.4 Å². The molecule has 1 aromatic heterocycles. The highest BCUT2D eigenvalue weighted by Gasteiger charge is 2.13. The van der Waals surface area contributed by atoms with Crippen LogP contribution in [0.25, 0.3) is 0 Å². The molecule has 0 spiro atoms. The molecule has 86 valence electrons. The molecule has 15 heavy (non-hydrogen) atoms. The molecule has 0 atom stereocenters. The molecule has 0 aliphatic rings. The van der Waals surface area contributed by atoms with Gasteiger partial charge in [0, 0.05) is 6.54 Å². The van der Waals surface area contributed by atoms with E-state index in [2.05, 4.69) is 18.9 Å². The molecule has 0 aliphatic heterocycles. The predicted octanol–water partition coefficient (Wildman–Crippen LogP) is 2.40. The summed E-state index contributed by atoms with van der Waals surface area (Å²) in [7, 11) is 0. The molecule has 0 saturated heterocycles. The Morgan fingerprint density at radius 2 is 2.07 bits per heavy atom. The summed E-state index contributed by atoms with van der Waals surface area (Å²) in [5.41, 5.74) is 7.66. The molecule has 1 rings (SSSR count). The average Bonchev–Trinajstić information content (AvgIpc) is 2.56. The van der Waals surface area contributed by atoms with Gasteiger partial charge in [-0.1, -0.05) is 18.5 Å². The second-order valence-electron chi connectivity index (χ2n) is 3.62. The van der Waals surface area contributed by atoms with Gasteiger partial charge in [0.1, 0.15) is 0 Å². The van der Waals surface area contributed by atoms with Crippen molar-refractivity contribution < 1.29 is 0 Å². The van der Waals surface area contributed by atoms with Crippen LogP contribution in [0.15, 0.2) is 0 Å². The largest absolute Gasteiger partial charge is 0.330 e. The van der Waals surface area contributed by atoms with E-state index in [0.29, 0.717) is 0 Å². The number of nitrogens with two attached hydrogens (primary N) is 1. The maximum Gasteiger partial charge on any atom is 0.0849 e. The second kappa shape index (κ2) is 6.13. The molecule has 0 amide bonds. The van der Waals surface area contributed by atoms with E-state index in [4.69, 9.17) is 17.3 Å². The zero-order valence-corrected chi connectivity index (χ0v) is 10.3. The van der Waals surface area contributed by atoms with Crippen LogP contribution in [0.2, 0.25) is 5.02 Å². The van der Waals surface area contributed by atoms with Gasteiger partial charge in [0.2, 0.25) is 0 Å². The molecule has 0 aliphatic carbocycles. The Balaban J connectivity index is 2.78. The lowest BCUT2D eigenvalue weighted by Gasteiger charge is -2.04. The van der Waals surface area contributed by atoms with Crippen molar-refractivity contribution in [3.63, 3.8) is 0 Å². The number of hydrogen-bond acceptors (Lipinski definition) is 2. The van der Waals surface area contributed by atoms with Crippen LogP contribution in [0.3, 0.4) is 0 Å². The molecule has 1 heterocycles. The van der Waals surface area contributed by atoms with E-state index >= 15 is 0 Å². The van der Waals surface area contributed by atoms with E-state index in [-0.39, 0.29) is 0 Å². The fourth-order valence-electron chi connectivity index (χ4n) is 1.69. The van der Waals surface area contributed by atoms with Crippen molar-refractivity contribution in [1.29, 1.82) is 0 Å². The highest BCUT2D eigenvalue weighted by molar-refractivity contribution is 6.31. The number of aryl methyl sites for hydroxylation is 2. The van der Waals surface area contributed by atoms with Crippen LogP contribution < -0.4 is 5.73 Å². The third kappa shape index (κ3) is 2.95. The third-order valence-corrected chi connectivity index (χ3v) is 3.00. The summed E-state index contributed by atoms with van der Waals surface area (Å²) in [6.07, 6.45) is 4.02. The van der Waals surface area contributed by atoms with Crippen LogP contribution in [-0.4, -0.2) is 16.3 Å². The number of nitrogens with zero attached hydrogens (tertiary/aromatic N) is 2. The Labute approximate surface area is 96.6 Å². The van der Waals surface area contributed by atoms with Crippen LogP contribution >= 0.6 is 11.6 Å². The van der Waals surface area contributed by atoms with E-state index in [0.717, 1.165) is 49.5 Å². The van der Waals surface area contributed by atoms with Gasteiger partial charge in [-0.3, -0.25) is 4.68 Å². The molecule has 0 unspecified atom stereocenters. The van der Waals surface area contributed by atoms with Gasteiger partial charge in [-0.05, 0) is 39.2 Å². The average molecular weight is 230 g/mol. The van der Waals surface area contributed by atoms with Crippen molar-refractivity contribution in [1.82, 2.24) is 9.78 Å². The van der Waals surface area contributed by atoms with Gasteiger partial charge >= 0.3 is 0 Å². The molecule has 0 fully saturated rings. The molecule has 1 aromatic rings. The first-order chi connectivity index (χ1) is 7.24. The van der Waals surface area contributed by atoms with E-state index in [1.54, 1.807) is 0 Å². The monoisotopic (exact) mass is 229 g/mol. The summed E-state index contributed by atoms with van der Waals surface area (Å²) in [6.45, 7) is 5.81. The maximum absolute atomic E-state index is 6.27. The van der Waals surface area contributed by atoms with Gasteiger partial charge in [0.25, 0.3) is 0 Å². The summed E-state index contributed by atoms with van der Waals surface area (Å²) < 4.78 is 2.01. The lowest BCUT2D eigenvalue weighted by atomic mass is 10.1. The highest BCUT2D eigenvalue weighted by atomic mass is 35.5. The van der Waals surface area contributed by atoms with E-state index < -0.39 is 0 Å². The smallest absolute Gasteiger partial charge is 0.0849 e. The van der Waals surface area contributed by atoms with Gasteiger partial charge in [-0.15, -0.1) is 0 Å². The van der Waals surface area contributed by atoms with E-state index in [9.17, 15) is 0 Å². The quantitative estimate of drug-likeness (QED) is 0.762. The Bertz CT molecular complexity index is 307. The van der Waals surface area contributed by atoms with Gasteiger partial charge in [0.15, 0.2) is 0 Å². The summed E-state index contributed by atoms with van der Waals surface area (Å²) in [6, 6.07) is 0. The van der Waals surface area contributed by atoms with Gasteiger partial charge in [-0.25, -0.2) is 0 Å². The molecule has 4 heteroatoms. The van der Waals surface area contributed by atoms with Crippen molar-refractivity contribution in [2.75, 3.05) is 6.54 Å². The van der Waals surface area contributed by atoms with Crippen molar-refractivity contribution in [3.8, 4) is 0 Å². The minimum atomic E-state index is 0.749. The molecule has 0 bridgehead atoms. The minimum absolute atomic E-state index is 0.749. The molecular formula is C11H20ClN3. The fourth-order valence-corrected chi connectivity index (χ4v) is 2.06. The molecule has 3 nitrogen and oxygen atoms in total. The van der Waals surface area contributed by atoms with Gasteiger partial charge in [0.05, 0.1) is 16.4 Å². The zero-order valence-electron chi connectivity index (χ0n) is 9.59. The van der Waals surface area contributed by atoms with Crippen molar-refractivity contribution in [2.45, 2.75) is 46.1 Å². The predicted molar refractivity (Wildman–Crippen MR) is 64.3 cm³/mol. The summed E-state index contributed by atoms with van der Waals surface area (Å²) in [5, 5.41) is 5.34. The van der Waals surface area contributed by atoms with Crippen molar-refractivity contribution in [3.05, 3.63) is 16.4 Å². The molecule has 2 N–H and O–H groups in total. The lowest BCUT2D eigenvalue weighted by molar-refractivity contribution is 0.597. The number of aromatic nitrogens is 2. The SMILES string of the molecule is CCc1nn(CC)c(CCCCN)c1Cl. The summed E-state index contributed by atoms with van der Waals surface area (Å²) in [5.74, 6) is 0. The topological polar surface area (TPSA) is 43.8 Å². The van der Waals surface area contributed by atoms with Gasteiger partial charge in [-0.2, -0.15) is 5.10 Å². The molecule has 0 radical (unpaired) electrons. The van der Waals surface area contributed by atoms with Crippen LogP contribution in [0.4, 0.5) is 0 Å². The Morgan fingerprint density at radius 1 is 1.33 bits per heavy atom. The molecule has 0 saturated carbocycles. The number of halogens is 1. The number of hydrogen-bond donors (Lipinski definition) is 1. The zero-order chi connectivity index (χ0) is 11.3. The Morgan fingerprint density at radius 3 is 2.60 bits per heavy atom. The fraction of sp³-hybridized carbons (Fsp3) is 0.727. The second-order valence-corrected chi connectivity index (χ2v) is 4.00. The standard InChI is InChI=1S/C11H20ClN3/c1-3-9-11(12)10(7-5-6-8-13)15(4-2)14-9/h3-8,13H2,1-2H3. The van der Waals surface area contributed by atoms with Crippen LogP contribution in [0.5, 0.6) is 0 Å². The summed E-state index contributed by atoms with van der Waals surface area (Å²) in [4.78, 5) is 0. The van der Waals surface area contributed by atoms with Crippen LogP contribution in [0.1, 0.15) is 38.1 Å². The first-order valence-electron chi connectivity index (χ1n) is 5.68. The Kier molecular flexibility index (Phi) is 5.12. The van der Waals surface area contributed by atoms with E-state index in [1.165, 1.54) is 5.69 Å². The third-order valence-electron chi connectivity index (χ3n) is 2.56. The lowest BCUT2D eigenvalue weighted by Crippen LogP contribution is -2.05. The first-order valence-corrected chi connectivity index (χ1v) is 6.06. The van der Waals surface area contributed by atoms with E-state index in [1.807, 2.05) is 4.68 Å². The Hall–Kier alpha value is -0.540. The number of rotatable bonds is 6. The van der Waals surface area contributed by atoms with Crippen molar-refractivity contribution in [2.24, 2.45) is 5.73 Å². The summed E-state index contributed by atoms with van der Waals surface area (Å²) >= 11 is 6.27. The minimum Gasteiger partial charge on any atom is -0.330 e. The van der Waals surface area contributed by atoms with Gasteiger partial charge < -0.3 is 5.73 Å².